The standard InChI is InChI=1S/C34H40N4O4/c1-7-21-17(3)25-13-26-19(5)23(9-11-33(39)40)31(37-26)16-32-24(10-12-34(41)42)20(6)28(38-32)15-30-22(8-2)18(4)27(36-30)14-29(21)35-25/h7,13-15,31,35-38H,1,8-12,16H2,2-6H3,(H,39,40)(H,41,42)/b26-13-,27-14-,30-15-. The molecule has 0 amide bonds. The molecule has 220 valence electrons. The molecule has 1 unspecified atom stereocenters. The topological polar surface area (TPSA) is 134 Å². The highest BCUT2D eigenvalue weighted by Gasteiger charge is 2.29. The van der Waals surface area contributed by atoms with Crippen molar-refractivity contribution >= 4 is 36.2 Å². The van der Waals surface area contributed by atoms with Gasteiger partial charge in [-0.1, -0.05) is 19.6 Å². The van der Waals surface area contributed by atoms with Gasteiger partial charge in [-0.3, -0.25) is 9.59 Å². The van der Waals surface area contributed by atoms with Crippen LogP contribution in [0.15, 0.2) is 23.4 Å². The van der Waals surface area contributed by atoms with Crippen LogP contribution in [0.3, 0.4) is 0 Å². The van der Waals surface area contributed by atoms with Crippen LogP contribution in [0.2, 0.25) is 0 Å². The van der Waals surface area contributed by atoms with E-state index in [-0.39, 0.29) is 18.9 Å². The van der Waals surface area contributed by atoms with E-state index < -0.39 is 11.9 Å². The van der Waals surface area contributed by atoms with Gasteiger partial charge in [-0.25, -0.2) is 0 Å². The molecule has 0 spiro atoms. The Kier molecular flexibility index (Phi) is 7.91. The minimum Gasteiger partial charge on any atom is -0.481 e. The summed E-state index contributed by atoms with van der Waals surface area (Å²) >= 11 is 0. The molecular weight excluding hydrogens is 528 g/mol. The number of hydrogen-bond acceptors (Lipinski definition) is 3. The number of nitrogens with one attached hydrogen (secondary N) is 4. The molecule has 8 bridgehead atoms. The highest BCUT2D eigenvalue weighted by Crippen LogP contribution is 2.34. The number of aliphatic carboxylic acids is 2. The summed E-state index contributed by atoms with van der Waals surface area (Å²) in [5, 5.41) is 24.7. The first-order valence-corrected chi connectivity index (χ1v) is 14.6. The van der Waals surface area contributed by atoms with Crippen molar-refractivity contribution in [1.29, 1.82) is 0 Å². The summed E-state index contributed by atoms with van der Waals surface area (Å²) in [6.45, 7) is 14.5. The van der Waals surface area contributed by atoms with Crippen molar-refractivity contribution in [2.24, 2.45) is 0 Å². The van der Waals surface area contributed by atoms with Gasteiger partial charge in [-0.2, -0.15) is 0 Å². The molecule has 8 nitrogen and oxygen atoms in total. The lowest BCUT2D eigenvalue weighted by atomic mass is 9.94. The monoisotopic (exact) mass is 568 g/mol. The van der Waals surface area contributed by atoms with Crippen LogP contribution in [0.25, 0.3) is 24.3 Å². The fourth-order valence-corrected chi connectivity index (χ4v) is 6.57. The molecule has 1 atom stereocenters. The molecule has 3 aromatic rings. The van der Waals surface area contributed by atoms with Gasteiger partial charge in [0.15, 0.2) is 0 Å². The number of fused-ring (bicyclic) bond motifs is 8. The van der Waals surface area contributed by atoms with Crippen molar-refractivity contribution in [2.75, 3.05) is 0 Å². The second-order valence-corrected chi connectivity index (χ2v) is 11.4. The molecular formula is C34H40N4O4. The van der Waals surface area contributed by atoms with Crippen molar-refractivity contribution in [1.82, 2.24) is 20.3 Å². The van der Waals surface area contributed by atoms with Crippen LogP contribution >= 0.6 is 0 Å². The average Bonchev–Trinajstić information content (AvgIpc) is 3.59. The van der Waals surface area contributed by atoms with Crippen molar-refractivity contribution < 1.29 is 19.8 Å². The summed E-state index contributed by atoms with van der Waals surface area (Å²) < 4.78 is 0. The SMILES string of the molecule is C=Cc1c2[nH]c(c1C)/C=C1\NC(Cc3[nH]c(c(C)c3CCC(=O)O)/C=c3\[nH]/c(c(C)c3CC)=C\2)C(CCC(=O)O)=C1C. The predicted molar refractivity (Wildman–Crippen MR) is 167 cm³/mol. The van der Waals surface area contributed by atoms with E-state index in [0.29, 0.717) is 19.3 Å². The summed E-state index contributed by atoms with van der Waals surface area (Å²) in [4.78, 5) is 34.0. The maximum atomic E-state index is 11.6. The van der Waals surface area contributed by atoms with Gasteiger partial charge in [0.25, 0.3) is 0 Å². The van der Waals surface area contributed by atoms with E-state index in [2.05, 4.69) is 65.8 Å². The molecule has 0 saturated heterocycles. The average molecular weight is 569 g/mol. The zero-order valence-corrected chi connectivity index (χ0v) is 25.0. The number of rotatable bonds is 8. The Morgan fingerprint density at radius 2 is 1.52 bits per heavy atom. The Bertz CT molecular complexity index is 1790. The van der Waals surface area contributed by atoms with Crippen LogP contribution in [0.4, 0.5) is 0 Å². The Balaban J connectivity index is 1.79. The molecule has 5 heterocycles. The molecule has 0 radical (unpaired) electrons. The molecule has 8 heteroatoms. The summed E-state index contributed by atoms with van der Waals surface area (Å²) in [7, 11) is 0. The Labute approximate surface area is 245 Å². The van der Waals surface area contributed by atoms with Crippen molar-refractivity contribution in [3.05, 3.63) is 90.3 Å². The Morgan fingerprint density at radius 1 is 0.857 bits per heavy atom. The van der Waals surface area contributed by atoms with Gasteiger partial charge in [0.1, 0.15) is 0 Å². The number of carbonyl (C=O) groups is 2. The van der Waals surface area contributed by atoms with E-state index in [0.717, 1.165) is 79.0 Å². The van der Waals surface area contributed by atoms with E-state index in [4.69, 9.17) is 0 Å². The molecule has 0 saturated carbocycles. The minimum absolute atomic E-state index is 0.0376. The highest BCUT2D eigenvalue weighted by molar-refractivity contribution is 5.73. The summed E-state index contributed by atoms with van der Waals surface area (Å²) in [6, 6.07) is -0.122. The number of allylic oxidation sites excluding steroid dienone is 1. The van der Waals surface area contributed by atoms with Gasteiger partial charge in [0.05, 0.1) is 6.04 Å². The smallest absolute Gasteiger partial charge is 0.303 e. The summed E-state index contributed by atoms with van der Waals surface area (Å²) in [6.07, 6.45) is 10.6. The lowest BCUT2D eigenvalue weighted by Crippen LogP contribution is -2.27. The first-order valence-electron chi connectivity index (χ1n) is 14.6. The maximum Gasteiger partial charge on any atom is 0.303 e. The molecule has 0 fully saturated rings. The van der Waals surface area contributed by atoms with Crippen molar-refractivity contribution in [3.8, 4) is 0 Å². The lowest BCUT2D eigenvalue weighted by Gasteiger charge is -2.17. The maximum absolute atomic E-state index is 11.6. The van der Waals surface area contributed by atoms with Gasteiger partial charge in [-0.15, -0.1) is 0 Å². The number of carboxylic acids is 2. The number of aromatic amines is 3. The van der Waals surface area contributed by atoms with Crippen molar-refractivity contribution in [3.63, 3.8) is 0 Å². The van der Waals surface area contributed by atoms with Crippen LogP contribution in [-0.4, -0.2) is 43.1 Å². The normalized spacial score (nSPS) is 18.9. The predicted octanol–water partition coefficient (Wildman–Crippen LogP) is 4.53. The second kappa shape index (κ2) is 11.4. The lowest BCUT2D eigenvalue weighted by molar-refractivity contribution is -0.138. The fraction of sp³-hybridized carbons (Fsp3) is 0.353. The zero-order chi connectivity index (χ0) is 30.3. The van der Waals surface area contributed by atoms with Crippen LogP contribution in [-0.2, 0) is 28.9 Å². The van der Waals surface area contributed by atoms with E-state index >= 15 is 0 Å². The molecule has 0 aromatic carbocycles. The number of aromatic nitrogens is 3. The third-order valence-corrected chi connectivity index (χ3v) is 8.99. The van der Waals surface area contributed by atoms with Crippen LogP contribution < -0.4 is 16.0 Å². The fourth-order valence-electron chi connectivity index (χ4n) is 6.57. The number of H-pyrrole nitrogens is 3. The third kappa shape index (κ3) is 5.29. The molecule has 6 N–H and O–H groups in total. The van der Waals surface area contributed by atoms with Crippen LogP contribution in [0.5, 0.6) is 0 Å². The van der Waals surface area contributed by atoms with Gasteiger partial charge in [0.2, 0.25) is 0 Å². The molecule has 0 aliphatic carbocycles. The largest absolute Gasteiger partial charge is 0.481 e. The molecule has 5 rings (SSSR count). The quantitative estimate of drug-likeness (QED) is 0.238. The second-order valence-electron chi connectivity index (χ2n) is 11.4. The molecule has 42 heavy (non-hydrogen) atoms. The Hall–Kier alpha value is -4.46. The number of carboxylic acid groups (broad SMARTS) is 2. The van der Waals surface area contributed by atoms with Gasteiger partial charge in [-0.05, 0) is 104 Å². The molecule has 2 aliphatic heterocycles. The first kappa shape index (κ1) is 29.0. The first-order chi connectivity index (χ1) is 20.0. The van der Waals surface area contributed by atoms with E-state index in [1.54, 1.807) is 0 Å². The van der Waals surface area contributed by atoms with E-state index in [1.165, 1.54) is 11.1 Å². The van der Waals surface area contributed by atoms with Gasteiger partial charge >= 0.3 is 11.9 Å². The summed E-state index contributed by atoms with van der Waals surface area (Å²) in [5.41, 5.74) is 13.5. The third-order valence-electron chi connectivity index (χ3n) is 8.99. The Morgan fingerprint density at radius 3 is 2.19 bits per heavy atom. The minimum atomic E-state index is -0.833. The zero-order valence-electron chi connectivity index (χ0n) is 25.0. The molecule has 3 aromatic heterocycles. The van der Waals surface area contributed by atoms with E-state index in [9.17, 15) is 19.8 Å². The highest BCUT2D eigenvalue weighted by atomic mass is 16.4. The number of hydrogen-bond donors (Lipinski definition) is 6. The van der Waals surface area contributed by atoms with Crippen LogP contribution in [0, 0.1) is 20.8 Å². The van der Waals surface area contributed by atoms with Gasteiger partial charge < -0.3 is 30.5 Å². The van der Waals surface area contributed by atoms with Crippen LogP contribution in [0.1, 0.15) is 89.3 Å². The van der Waals surface area contributed by atoms with Gasteiger partial charge in [0, 0.05) is 64.0 Å². The molecule has 2 aliphatic rings. The van der Waals surface area contributed by atoms with E-state index in [1.807, 2.05) is 19.9 Å². The summed E-state index contributed by atoms with van der Waals surface area (Å²) in [5.74, 6) is -1.66. The van der Waals surface area contributed by atoms with Crippen molar-refractivity contribution in [2.45, 2.75) is 79.2 Å².